The molecule has 5 nitrogen and oxygen atoms in total. The van der Waals surface area contributed by atoms with Crippen molar-refractivity contribution in [2.75, 3.05) is 6.61 Å². The fourth-order valence-electron chi connectivity index (χ4n) is 3.45. The lowest BCUT2D eigenvalue weighted by molar-refractivity contribution is -0.00975. The summed E-state index contributed by atoms with van der Waals surface area (Å²) in [5, 5.41) is 3.64. The average molecular weight is 354 g/mol. The number of aromatic nitrogens is 1. The lowest BCUT2D eigenvalue weighted by Gasteiger charge is -2.32. The van der Waals surface area contributed by atoms with Crippen LogP contribution in [0.25, 0.3) is 11.0 Å². The number of hydrogen-bond donors (Lipinski definition) is 1. The molecular weight excluding hydrogens is 335 g/mol. The highest BCUT2D eigenvalue weighted by molar-refractivity contribution is 5.99. The number of hydrogen-bond acceptors (Lipinski definition) is 4. The molecule has 1 N–H and O–H groups in total. The molecule has 0 unspecified atom stereocenters. The molecule has 1 aromatic carbocycles. The van der Waals surface area contributed by atoms with E-state index in [9.17, 15) is 9.18 Å². The molecule has 6 heteroatoms. The standard InChI is InChI=1S/C20H19FN2O3/c1-12-15-11-14(21)4-5-17(15)26-18(12)20(24)23-16-3-2-10-25-19(16)13-6-8-22-9-7-13/h4-9,11,16,19H,2-3,10H2,1H3,(H,23,24)/t16-,19+/m0/s1. The first kappa shape index (κ1) is 16.7. The van der Waals surface area contributed by atoms with Crippen molar-refractivity contribution >= 4 is 16.9 Å². The smallest absolute Gasteiger partial charge is 0.287 e. The summed E-state index contributed by atoms with van der Waals surface area (Å²) in [5.74, 6) is -0.454. The Kier molecular flexibility index (Phi) is 4.42. The fourth-order valence-corrected chi connectivity index (χ4v) is 3.45. The highest BCUT2D eigenvalue weighted by Gasteiger charge is 2.30. The largest absolute Gasteiger partial charge is 0.451 e. The van der Waals surface area contributed by atoms with Gasteiger partial charge in [-0.05, 0) is 55.7 Å². The van der Waals surface area contributed by atoms with Crippen molar-refractivity contribution in [3.8, 4) is 0 Å². The molecule has 3 heterocycles. The van der Waals surface area contributed by atoms with E-state index in [-0.39, 0.29) is 29.6 Å². The van der Waals surface area contributed by atoms with Crippen molar-refractivity contribution in [2.45, 2.75) is 31.9 Å². The number of nitrogens with one attached hydrogen (secondary N) is 1. The van der Waals surface area contributed by atoms with Crippen molar-refractivity contribution in [1.82, 2.24) is 10.3 Å². The van der Waals surface area contributed by atoms with Crippen LogP contribution in [0.15, 0.2) is 47.1 Å². The van der Waals surface area contributed by atoms with Crippen molar-refractivity contribution in [1.29, 1.82) is 0 Å². The number of benzene rings is 1. The van der Waals surface area contributed by atoms with Gasteiger partial charge < -0.3 is 14.5 Å². The van der Waals surface area contributed by atoms with Crippen molar-refractivity contribution in [2.24, 2.45) is 0 Å². The van der Waals surface area contributed by atoms with Gasteiger partial charge in [0.15, 0.2) is 5.76 Å². The summed E-state index contributed by atoms with van der Waals surface area (Å²) in [6.45, 7) is 2.42. The van der Waals surface area contributed by atoms with Crippen LogP contribution < -0.4 is 5.32 Å². The zero-order chi connectivity index (χ0) is 18.1. The molecule has 0 saturated carbocycles. The number of carbonyl (C=O) groups is 1. The number of halogens is 1. The number of ether oxygens (including phenoxy) is 1. The Morgan fingerprint density at radius 3 is 2.88 bits per heavy atom. The first-order valence-corrected chi connectivity index (χ1v) is 8.64. The van der Waals surface area contributed by atoms with Gasteiger partial charge in [0.1, 0.15) is 17.5 Å². The molecule has 0 radical (unpaired) electrons. The highest BCUT2D eigenvalue weighted by atomic mass is 19.1. The second-order valence-corrected chi connectivity index (χ2v) is 6.49. The summed E-state index contributed by atoms with van der Waals surface area (Å²) in [6.07, 6.45) is 4.88. The number of furan rings is 1. The van der Waals surface area contributed by atoms with Crippen LogP contribution in [0.3, 0.4) is 0 Å². The minimum absolute atomic E-state index is 0.164. The van der Waals surface area contributed by atoms with Gasteiger partial charge in [0.05, 0.1) is 6.04 Å². The molecule has 1 aliphatic rings. The van der Waals surface area contributed by atoms with Crippen molar-refractivity contribution in [3.05, 3.63) is 65.4 Å². The fraction of sp³-hybridized carbons (Fsp3) is 0.300. The third-order valence-corrected chi connectivity index (χ3v) is 4.78. The molecular formula is C20H19FN2O3. The van der Waals surface area contributed by atoms with Crippen molar-refractivity contribution in [3.63, 3.8) is 0 Å². The number of pyridine rings is 1. The summed E-state index contributed by atoms with van der Waals surface area (Å²) < 4.78 is 25.0. The molecule has 0 spiro atoms. The number of nitrogens with zero attached hydrogens (tertiary/aromatic N) is 1. The van der Waals surface area contributed by atoms with Gasteiger partial charge in [-0.2, -0.15) is 0 Å². The van der Waals surface area contributed by atoms with E-state index in [0.717, 1.165) is 18.4 Å². The minimum Gasteiger partial charge on any atom is -0.451 e. The Hall–Kier alpha value is -2.73. The maximum Gasteiger partial charge on any atom is 0.287 e. The van der Waals surface area contributed by atoms with E-state index in [1.165, 1.54) is 18.2 Å². The van der Waals surface area contributed by atoms with Gasteiger partial charge in [0, 0.05) is 30.0 Å². The molecule has 1 fully saturated rings. The summed E-state index contributed by atoms with van der Waals surface area (Å²) in [5.41, 5.74) is 2.11. The van der Waals surface area contributed by atoms with Crippen LogP contribution in [-0.4, -0.2) is 23.5 Å². The summed E-state index contributed by atoms with van der Waals surface area (Å²) in [7, 11) is 0. The monoisotopic (exact) mass is 354 g/mol. The van der Waals surface area contributed by atoms with Crippen LogP contribution in [0.2, 0.25) is 0 Å². The van der Waals surface area contributed by atoms with E-state index in [1.807, 2.05) is 12.1 Å². The number of amides is 1. The molecule has 2 aromatic heterocycles. The van der Waals surface area contributed by atoms with E-state index in [2.05, 4.69) is 10.3 Å². The maximum atomic E-state index is 13.5. The summed E-state index contributed by atoms with van der Waals surface area (Å²) in [4.78, 5) is 16.8. The Morgan fingerprint density at radius 2 is 2.08 bits per heavy atom. The van der Waals surface area contributed by atoms with E-state index < -0.39 is 0 Å². The first-order chi connectivity index (χ1) is 12.6. The van der Waals surface area contributed by atoms with Gasteiger partial charge in [-0.15, -0.1) is 0 Å². The minimum atomic E-state index is -0.355. The van der Waals surface area contributed by atoms with Gasteiger partial charge in [0.2, 0.25) is 0 Å². The van der Waals surface area contributed by atoms with E-state index in [4.69, 9.17) is 9.15 Å². The zero-order valence-electron chi connectivity index (χ0n) is 14.4. The van der Waals surface area contributed by atoms with Crippen LogP contribution in [0, 0.1) is 12.7 Å². The van der Waals surface area contributed by atoms with Crippen LogP contribution in [0.1, 0.15) is 40.6 Å². The quantitative estimate of drug-likeness (QED) is 0.774. The van der Waals surface area contributed by atoms with Gasteiger partial charge in [0.25, 0.3) is 5.91 Å². The molecule has 26 heavy (non-hydrogen) atoms. The van der Waals surface area contributed by atoms with E-state index >= 15 is 0 Å². The number of carbonyl (C=O) groups excluding carboxylic acids is 1. The first-order valence-electron chi connectivity index (χ1n) is 8.64. The van der Waals surface area contributed by atoms with Gasteiger partial charge >= 0.3 is 0 Å². The van der Waals surface area contributed by atoms with Gasteiger partial charge in [-0.1, -0.05) is 0 Å². The lowest BCUT2D eigenvalue weighted by atomic mass is 9.96. The molecule has 3 aromatic rings. The molecule has 0 bridgehead atoms. The molecule has 2 atom stereocenters. The lowest BCUT2D eigenvalue weighted by Crippen LogP contribution is -2.42. The highest BCUT2D eigenvalue weighted by Crippen LogP contribution is 2.30. The molecule has 1 aliphatic heterocycles. The Labute approximate surface area is 150 Å². The number of rotatable bonds is 3. The van der Waals surface area contributed by atoms with E-state index in [1.54, 1.807) is 19.3 Å². The normalized spacial score (nSPS) is 20.2. The Bertz CT molecular complexity index is 939. The van der Waals surface area contributed by atoms with E-state index in [0.29, 0.717) is 23.1 Å². The third kappa shape index (κ3) is 3.08. The molecule has 1 saturated heterocycles. The zero-order valence-corrected chi connectivity index (χ0v) is 14.4. The molecule has 134 valence electrons. The Balaban J connectivity index is 1.59. The predicted octanol–water partition coefficient (Wildman–Crippen LogP) is 3.93. The summed E-state index contributed by atoms with van der Waals surface area (Å²) >= 11 is 0. The third-order valence-electron chi connectivity index (χ3n) is 4.78. The van der Waals surface area contributed by atoms with Gasteiger partial charge in [-0.3, -0.25) is 9.78 Å². The second-order valence-electron chi connectivity index (χ2n) is 6.49. The second kappa shape index (κ2) is 6.88. The number of fused-ring (bicyclic) bond motifs is 1. The topological polar surface area (TPSA) is 64.4 Å². The van der Waals surface area contributed by atoms with Crippen molar-refractivity contribution < 1.29 is 18.3 Å². The average Bonchev–Trinajstić information content (AvgIpc) is 2.99. The molecule has 4 rings (SSSR count). The molecule has 0 aliphatic carbocycles. The SMILES string of the molecule is Cc1c(C(=O)N[C@H]2CCCO[C@@H]2c2ccncc2)oc2ccc(F)cc12. The Morgan fingerprint density at radius 1 is 1.27 bits per heavy atom. The van der Waals surface area contributed by atoms with Crippen LogP contribution in [0.4, 0.5) is 4.39 Å². The van der Waals surface area contributed by atoms with Crippen LogP contribution in [-0.2, 0) is 4.74 Å². The van der Waals surface area contributed by atoms with Gasteiger partial charge in [-0.25, -0.2) is 4.39 Å². The van der Waals surface area contributed by atoms with Crippen LogP contribution >= 0.6 is 0 Å². The summed E-state index contributed by atoms with van der Waals surface area (Å²) in [6, 6.07) is 7.87. The molecule has 1 amide bonds. The predicted molar refractivity (Wildman–Crippen MR) is 94.3 cm³/mol. The van der Waals surface area contributed by atoms with Crippen LogP contribution in [0.5, 0.6) is 0 Å². The number of aryl methyl sites for hydroxylation is 1. The maximum absolute atomic E-state index is 13.5.